The zero-order chi connectivity index (χ0) is 25.1. The van der Waals surface area contributed by atoms with E-state index < -0.39 is 27.9 Å². The van der Waals surface area contributed by atoms with E-state index >= 15 is 0 Å². The van der Waals surface area contributed by atoms with Crippen LogP contribution in [0, 0.1) is 20.8 Å². The summed E-state index contributed by atoms with van der Waals surface area (Å²) in [5.41, 5.74) is 8.37. The largest absolute Gasteiger partial charge is 0.487 e. The number of nitrogens with two attached hydrogens (primary N) is 1. The highest BCUT2D eigenvalue weighted by atomic mass is 32.2. The van der Waals surface area contributed by atoms with E-state index in [1.807, 2.05) is 20.8 Å². The van der Waals surface area contributed by atoms with Crippen molar-refractivity contribution < 1.29 is 27.9 Å². The number of benzene rings is 1. The van der Waals surface area contributed by atoms with Gasteiger partial charge in [0.25, 0.3) is 10.0 Å². The minimum Gasteiger partial charge on any atom is -0.487 e. The van der Waals surface area contributed by atoms with E-state index in [-0.39, 0.29) is 29.4 Å². The maximum Gasteiger partial charge on any atom is 0.326 e. The van der Waals surface area contributed by atoms with Crippen molar-refractivity contribution in [2.75, 3.05) is 6.54 Å². The summed E-state index contributed by atoms with van der Waals surface area (Å²) in [7, 11) is -4.00. The normalized spacial score (nSPS) is 16.4. The van der Waals surface area contributed by atoms with Crippen LogP contribution < -0.4 is 20.5 Å². The number of fused-ring (bicyclic) bond motifs is 1. The fraction of sp³-hybridized carbons (Fsp3) is 0.591. The molecule has 0 fully saturated rings. The summed E-state index contributed by atoms with van der Waals surface area (Å²) in [6.07, 6.45) is 1.91. The molecule has 0 bridgehead atoms. The third kappa shape index (κ3) is 6.37. The van der Waals surface area contributed by atoms with Crippen molar-refractivity contribution in [2.24, 2.45) is 10.7 Å². The zero-order valence-corrected chi connectivity index (χ0v) is 20.9. The van der Waals surface area contributed by atoms with E-state index in [4.69, 9.17) is 15.6 Å². The Hall–Kier alpha value is -2.82. The number of aliphatic carboxylic acids is 1. The summed E-state index contributed by atoms with van der Waals surface area (Å²) in [5, 5.41) is 11.5. The van der Waals surface area contributed by atoms with Crippen molar-refractivity contribution in [1.82, 2.24) is 10.0 Å². The van der Waals surface area contributed by atoms with Gasteiger partial charge >= 0.3 is 5.97 Å². The predicted molar refractivity (Wildman–Crippen MR) is 125 cm³/mol. The number of carbonyl (C=O) groups excluding carboxylic acids is 1. The van der Waals surface area contributed by atoms with Crippen LogP contribution in [0.5, 0.6) is 5.75 Å². The third-order valence-corrected chi connectivity index (χ3v) is 7.41. The van der Waals surface area contributed by atoms with E-state index in [2.05, 4.69) is 15.0 Å². The van der Waals surface area contributed by atoms with Crippen molar-refractivity contribution in [3.05, 3.63) is 22.3 Å². The molecule has 11 heteroatoms. The van der Waals surface area contributed by atoms with Crippen molar-refractivity contribution >= 4 is 27.9 Å². The number of carboxylic acid groups (broad SMARTS) is 1. The number of amides is 1. The lowest BCUT2D eigenvalue weighted by atomic mass is 9.88. The topological polar surface area (TPSA) is 160 Å². The Morgan fingerprint density at radius 1 is 1.21 bits per heavy atom. The number of carboxylic acids is 1. The number of hydrogen-bond donors (Lipinski definition) is 4. The Bertz CT molecular complexity index is 1080. The van der Waals surface area contributed by atoms with Gasteiger partial charge < -0.3 is 20.9 Å². The second-order valence-corrected chi connectivity index (χ2v) is 10.6. The maximum atomic E-state index is 13.2. The molecule has 1 aromatic carbocycles. The van der Waals surface area contributed by atoms with Gasteiger partial charge in [0, 0.05) is 13.5 Å². The molecule has 184 valence electrons. The number of hydrogen-bond acceptors (Lipinski definition) is 6. The summed E-state index contributed by atoms with van der Waals surface area (Å²) in [6, 6.07) is -1.04. The van der Waals surface area contributed by atoms with Gasteiger partial charge in [-0.1, -0.05) is 0 Å². The minimum absolute atomic E-state index is 0.0990. The lowest BCUT2D eigenvalue weighted by Gasteiger charge is -2.35. The molecule has 5 N–H and O–H groups in total. The Kier molecular flexibility index (Phi) is 8.00. The van der Waals surface area contributed by atoms with E-state index in [0.29, 0.717) is 24.0 Å². The van der Waals surface area contributed by atoms with Gasteiger partial charge in [0.05, 0.1) is 4.90 Å². The van der Waals surface area contributed by atoms with Crippen molar-refractivity contribution in [2.45, 2.75) is 83.8 Å². The first-order chi connectivity index (χ1) is 15.2. The average Bonchev–Trinajstić information content (AvgIpc) is 2.66. The van der Waals surface area contributed by atoms with Crippen LogP contribution in [0.25, 0.3) is 0 Å². The second kappa shape index (κ2) is 9.98. The Labute approximate surface area is 195 Å². The van der Waals surface area contributed by atoms with Crippen LogP contribution in [-0.2, 0) is 26.0 Å². The van der Waals surface area contributed by atoms with Gasteiger partial charge in [-0.3, -0.25) is 9.79 Å². The Morgan fingerprint density at radius 2 is 1.85 bits per heavy atom. The molecule has 0 radical (unpaired) electrons. The van der Waals surface area contributed by atoms with E-state index in [1.54, 1.807) is 13.8 Å². The molecule has 2 rings (SSSR count). The van der Waals surface area contributed by atoms with Crippen LogP contribution in [0.3, 0.4) is 0 Å². The number of nitrogens with zero attached hydrogens (tertiary/aromatic N) is 1. The number of sulfonamides is 1. The van der Waals surface area contributed by atoms with Crippen LogP contribution in [0.15, 0.2) is 9.89 Å². The molecular weight excluding hydrogens is 448 g/mol. The van der Waals surface area contributed by atoms with Crippen LogP contribution >= 0.6 is 0 Å². The molecule has 0 saturated heterocycles. The first-order valence-corrected chi connectivity index (χ1v) is 12.3. The summed E-state index contributed by atoms with van der Waals surface area (Å²) in [4.78, 5) is 26.4. The van der Waals surface area contributed by atoms with Crippen molar-refractivity contribution in [1.29, 1.82) is 0 Å². The highest BCUT2D eigenvalue weighted by Crippen LogP contribution is 2.42. The van der Waals surface area contributed by atoms with E-state index in [9.17, 15) is 18.0 Å². The van der Waals surface area contributed by atoms with Gasteiger partial charge in [0.15, 0.2) is 0 Å². The molecule has 10 nitrogen and oxygen atoms in total. The number of ether oxygens (including phenoxy) is 1. The highest BCUT2D eigenvalue weighted by molar-refractivity contribution is 7.90. The van der Waals surface area contributed by atoms with E-state index in [1.165, 1.54) is 6.92 Å². The fourth-order valence-corrected chi connectivity index (χ4v) is 5.49. The molecule has 0 spiro atoms. The van der Waals surface area contributed by atoms with Gasteiger partial charge in [-0.15, -0.1) is 0 Å². The quantitative estimate of drug-likeness (QED) is 0.249. The molecule has 0 saturated carbocycles. The average molecular weight is 483 g/mol. The van der Waals surface area contributed by atoms with Gasteiger partial charge in [-0.2, -0.15) is 0 Å². The summed E-state index contributed by atoms with van der Waals surface area (Å²) in [5.74, 6) is -1.14. The first kappa shape index (κ1) is 26.4. The standard InChI is InChI=1S/C22H34N4O6S/c1-12-13(2)19(14(3)16-9-10-22(5,6)32-18(12)16)33(30,31)26-21(23)24-11-7-8-17(20(28)29)25-15(4)27/h17H,7-11H2,1-6H3,(H,25,27)(H,28,29)(H3,23,24,26)/t17-/m1/s1. The minimum atomic E-state index is -4.00. The molecule has 0 aliphatic carbocycles. The Morgan fingerprint density at radius 3 is 2.42 bits per heavy atom. The van der Waals surface area contributed by atoms with Crippen molar-refractivity contribution in [3.8, 4) is 5.75 Å². The number of guanidine groups is 1. The molecule has 1 amide bonds. The molecule has 0 unspecified atom stereocenters. The lowest BCUT2D eigenvalue weighted by molar-refractivity contribution is -0.141. The molecule has 1 aliphatic rings. The molecular formula is C22H34N4O6S. The van der Waals surface area contributed by atoms with Crippen LogP contribution in [0.1, 0.15) is 62.3 Å². The Balaban J connectivity index is 2.18. The van der Waals surface area contributed by atoms with Gasteiger partial charge in [-0.05, 0) is 82.6 Å². The second-order valence-electron chi connectivity index (χ2n) is 8.98. The summed E-state index contributed by atoms with van der Waals surface area (Å²) < 4.78 is 34.8. The fourth-order valence-electron chi connectivity index (χ4n) is 3.97. The summed E-state index contributed by atoms with van der Waals surface area (Å²) >= 11 is 0. The van der Waals surface area contributed by atoms with E-state index in [0.717, 1.165) is 23.3 Å². The number of carbonyl (C=O) groups is 2. The molecule has 1 atom stereocenters. The maximum absolute atomic E-state index is 13.2. The molecule has 33 heavy (non-hydrogen) atoms. The van der Waals surface area contributed by atoms with Crippen LogP contribution in [-0.4, -0.2) is 49.5 Å². The van der Waals surface area contributed by atoms with Crippen LogP contribution in [0.2, 0.25) is 0 Å². The van der Waals surface area contributed by atoms with Crippen molar-refractivity contribution in [3.63, 3.8) is 0 Å². The first-order valence-electron chi connectivity index (χ1n) is 10.8. The number of rotatable bonds is 8. The monoisotopic (exact) mass is 482 g/mol. The third-order valence-electron chi connectivity index (χ3n) is 5.78. The van der Waals surface area contributed by atoms with Gasteiger partial charge in [-0.25, -0.2) is 17.9 Å². The SMILES string of the molecule is CC(=O)N[C@H](CCCN=C(N)NS(=O)(=O)c1c(C)c(C)c2c(c1C)CCC(C)(C)O2)C(=O)O. The van der Waals surface area contributed by atoms with Gasteiger partial charge in [0.1, 0.15) is 17.4 Å². The molecule has 0 aromatic heterocycles. The summed E-state index contributed by atoms with van der Waals surface area (Å²) in [6.45, 7) is 10.7. The highest BCUT2D eigenvalue weighted by Gasteiger charge is 2.33. The number of aliphatic imine (C=N–C) groups is 1. The molecule has 1 aliphatic heterocycles. The van der Waals surface area contributed by atoms with Crippen LogP contribution in [0.4, 0.5) is 0 Å². The lowest BCUT2D eigenvalue weighted by Crippen LogP contribution is -2.40. The smallest absolute Gasteiger partial charge is 0.326 e. The predicted octanol–water partition coefficient (Wildman–Crippen LogP) is 1.68. The number of nitrogens with one attached hydrogen (secondary N) is 2. The zero-order valence-electron chi connectivity index (χ0n) is 20.0. The molecule has 1 aromatic rings. The molecule has 1 heterocycles. The van der Waals surface area contributed by atoms with Gasteiger partial charge in [0.2, 0.25) is 11.9 Å².